The Labute approximate surface area is 102 Å². The van der Waals surface area contributed by atoms with Crippen molar-refractivity contribution in [3.8, 4) is 5.75 Å². The molecule has 0 amide bonds. The Hall–Kier alpha value is -1.07. The van der Waals surface area contributed by atoms with Crippen molar-refractivity contribution in [2.45, 2.75) is 20.0 Å². The van der Waals surface area contributed by atoms with Crippen molar-refractivity contribution in [3.05, 3.63) is 27.7 Å². The van der Waals surface area contributed by atoms with E-state index < -0.39 is 12.1 Å². The molecule has 0 aliphatic heterocycles. The Morgan fingerprint density at radius 2 is 2.19 bits per heavy atom. The number of benzene rings is 1. The van der Waals surface area contributed by atoms with Crippen molar-refractivity contribution < 1.29 is 19.7 Å². The molecule has 0 aliphatic rings. The molecule has 1 aromatic rings. The third kappa shape index (κ3) is 2.54. The Bertz CT molecular complexity index is 403. The van der Waals surface area contributed by atoms with E-state index in [1.165, 1.54) is 0 Å². The second-order valence-corrected chi connectivity index (χ2v) is 4.14. The molecule has 0 saturated carbocycles. The van der Waals surface area contributed by atoms with Gasteiger partial charge in [-0.25, -0.2) is 4.79 Å². The van der Waals surface area contributed by atoms with Crippen molar-refractivity contribution in [1.29, 1.82) is 0 Å². The number of esters is 1. The van der Waals surface area contributed by atoms with Crippen LogP contribution in [0.25, 0.3) is 0 Å². The first-order chi connectivity index (χ1) is 7.49. The van der Waals surface area contributed by atoms with Crippen LogP contribution in [0.1, 0.15) is 24.2 Å². The first kappa shape index (κ1) is 13.0. The van der Waals surface area contributed by atoms with Gasteiger partial charge in [0.1, 0.15) is 5.75 Å². The first-order valence-electron chi connectivity index (χ1n) is 4.81. The summed E-state index contributed by atoms with van der Waals surface area (Å²) in [5, 5.41) is 19.5. The molecule has 0 spiro atoms. The van der Waals surface area contributed by atoms with Gasteiger partial charge in [-0.2, -0.15) is 0 Å². The summed E-state index contributed by atoms with van der Waals surface area (Å²) in [6.45, 7) is 3.53. The fourth-order valence-electron chi connectivity index (χ4n) is 1.37. The van der Waals surface area contributed by atoms with Crippen molar-refractivity contribution in [1.82, 2.24) is 0 Å². The lowest BCUT2D eigenvalue weighted by Gasteiger charge is -2.14. The molecule has 0 radical (unpaired) electrons. The number of hydrogen-bond donors (Lipinski definition) is 2. The van der Waals surface area contributed by atoms with Gasteiger partial charge < -0.3 is 14.9 Å². The molecule has 16 heavy (non-hydrogen) atoms. The first-order valence-corrected chi connectivity index (χ1v) is 5.61. The highest BCUT2D eigenvalue weighted by Gasteiger charge is 2.24. The van der Waals surface area contributed by atoms with E-state index in [1.54, 1.807) is 26.0 Å². The molecule has 0 bridgehead atoms. The molecule has 4 nitrogen and oxygen atoms in total. The highest BCUT2D eigenvalue weighted by molar-refractivity contribution is 9.10. The molecule has 0 aromatic heterocycles. The molecular weight excluding hydrogens is 276 g/mol. The van der Waals surface area contributed by atoms with E-state index in [0.717, 1.165) is 0 Å². The summed E-state index contributed by atoms with van der Waals surface area (Å²) in [5.74, 6) is -0.903. The van der Waals surface area contributed by atoms with Gasteiger partial charge in [0, 0.05) is 5.56 Å². The molecule has 0 saturated heterocycles. The van der Waals surface area contributed by atoms with Gasteiger partial charge in [-0.3, -0.25) is 0 Å². The van der Waals surface area contributed by atoms with Crippen molar-refractivity contribution in [3.63, 3.8) is 0 Å². The number of aliphatic hydroxyl groups excluding tert-OH is 1. The number of carbonyl (C=O) groups is 1. The topological polar surface area (TPSA) is 66.8 Å². The average molecular weight is 289 g/mol. The quantitative estimate of drug-likeness (QED) is 0.836. The van der Waals surface area contributed by atoms with Gasteiger partial charge in [-0.1, -0.05) is 6.07 Å². The van der Waals surface area contributed by atoms with E-state index in [9.17, 15) is 15.0 Å². The molecule has 88 valence electrons. The zero-order chi connectivity index (χ0) is 12.3. The number of carbonyl (C=O) groups excluding carboxylic acids is 1. The number of rotatable bonds is 3. The lowest BCUT2D eigenvalue weighted by atomic mass is 10.0. The van der Waals surface area contributed by atoms with Gasteiger partial charge in [0.15, 0.2) is 6.10 Å². The van der Waals surface area contributed by atoms with Crippen molar-refractivity contribution in [2.75, 3.05) is 6.61 Å². The van der Waals surface area contributed by atoms with Crippen LogP contribution in [-0.2, 0) is 9.53 Å². The maximum Gasteiger partial charge on any atom is 0.339 e. The standard InChI is InChI=1S/C11H13BrO4/c1-3-16-11(15)10(14)8-6(2)4-5-7(12)9(8)13/h4-5,10,13-14H,3H2,1-2H3. The minimum absolute atomic E-state index is 0.138. The maximum absolute atomic E-state index is 11.4. The number of halogens is 1. The van der Waals surface area contributed by atoms with Crippen LogP contribution in [0, 0.1) is 6.92 Å². The van der Waals surface area contributed by atoms with Gasteiger partial charge in [0.2, 0.25) is 0 Å². The van der Waals surface area contributed by atoms with Crippen LogP contribution in [-0.4, -0.2) is 22.8 Å². The normalized spacial score (nSPS) is 12.2. The van der Waals surface area contributed by atoms with E-state index in [1.807, 2.05) is 0 Å². The monoisotopic (exact) mass is 288 g/mol. The maximum atomic E-state index is 11.4. The van der Waals surface area contributed by atoms with Crippen molar-refractivity contribution in [2.24, 2.45) is 0 Å². The number of phenolic OH excluding ortho intramolecular Hbond substituents is 1. The number of aromatic hydroxyl groups is 1. The number of ether oxygens (including phenoxy) is 1. The van der Waals surface area contributed by atoms with Crippen LogP contribution >= 0.6 is 15.9 Å². The van der Waals surface area contributed by atoms with E-state index >= 15 is 0 Å². The summed E-state index contributed by atoms with van der Waals surface area (Å²) >= 11 is 3.12. The Morgan fingerprint density at radius 3 is 2.75 bits per heavy atom. The smallest absolute Gasteiger partial charge is 0.339 e. The fourth-order valence-corrected chi connectivity index (χ4v) is 1.71. The van der Waals surface area contributed by atoms with Crippen molar-refractivity contribution >= 4 is 21.9 Å². The molecule has 1 unspecified atom stereocenters. The fraction of sp³-hybridized carbons (Fsp3) is 0.364. The van der Waals surface area contributed by atoms with Gasteiger partial charge >= 0.3 is 5.97 Å². The third-order valence-electron chi connectivity index (χ3n) is 2.17. The lowest BCUT2D eigenvalue weighted by Crippen LogP contribution is -2.16. The second kappa shape index (κ2) is 5.32. The van der Waals surface area contributed by atoms with E-state index in [2.05, 4.69) is 15.9 Å². The van der Waals surface area contributed by atoms with Gasteiger partial charge in [0.25, 0.3) is 0 Å². The molecule has 0 heterocycles. The van der Waals surface area contributed by atoms with Crippen LogP contribution in [0.4, 0.5) is 0 Å². The highest BCUT2D eigenvalue weighted by Crippen LogP contribution is 2.34. The Morgan fingerprint density at radius 1 is 1.56 bits per heavy atom. The SMILES string of the molecule is CCOC(=O)C(O)c1c(C)ccc(Br)c1O. The van der Waals surface area contributed by atoms with Gasteiger partial charge in [-0.15, -0.1) is 0 Å². The molecule has 5 heteroatoms. The Kier molecular flexibility index (Phi) is 4.32. The summed E-state index contributed by atoms with van der Waals surface area (Å²) in [7, 11) is 0. The van der Waals surface area contributed by atoms with E-state index in [-0.39, 0.29) is 17.9 Å². The van der Waals surface area contributed by atoms with Gasteiger partial charge in [-0.05, 0) is 41.4 Å². The number of phenols is 1. The number of hydrogen-bond acceptors (Lipinski definition) is 4. The summed E-state index contributed by atoms with van der Waals surface area (Å²) in [6.07, 6.45) is -1.46. The molecule has 1 rings (SSSR count). The van der Waals surface area contributed by atoms with E-state index in [0.29, 0.717) is 10.0 Å². The molecule has 1 atom stereocenters. The largest absolute Gasteiger partial charge is 0.506 e. The average Bonchev–Trinajstić information content (AvgIpc) is 2.24. The van der Waals surface area contributed by atoms with E-state index in [4.69, 9.17) is 4.74 Å². The molecule has 2 N–H and O–H groups in total. The Balaban J connectivity index is 3.12. The zero-order valence-electron chi connectivity index (χ0n) is 9.03. The summed E-state index contributed by atoms with van der Waals surface area (Å²) in [5.41, 5.74) is 0.800. The molecule has 0 fully saturated rings. The summed E-state index contributed by atoms with van der Waals surface area (Å²) in [4.78, 5) is 11.4. The van der Waals surface area contributed by atoms with Crippen LogP contribution in [0.2, 0.25) is 0 Å². The van der Waals surface area contributed by atoms with Crippen LogP contribution in [0.3, 0.4) is 0 Å². The third-order valence-corrected chi connectivity index (χ3v) is 2.81. The predicted molar refractivity (Wildman–Crippen MR) is 62.1 cm³/mol. The van der Waals surface area contributed by atoms with Crippen LogP contribution < -0.4 is 0 Å². The lowest BCUT2D eigenvalue weighted by molar-refractivity contribution is -0.153. The minimum Gasteiger partial charge on any atom is -0.506 e. The number of aryl methyl sites for hydroxylation is 1. The number of aliphatic hydroxyl groups is 1. The van der Waals surface area contributed by atoms with Crippen LogP contribution in [0.5, 0.6) is 5.75 Å². The molecule has 0 aliphatic carbocycles. The summed E-state index contributed by atoms with van der Waals surface area (Å²) < 4.78 is 5.12. The van der Waals surface area contributed by atoms with Crippen LogP contribution in [0.15, 0.2) is 16.6 Å². The highest BCUT2D eigenvalue weighted by atomic mass is 79.9. The second-order valence-electron chi connectivity index (χ2n) is 3.28. The predicted octanol–water partition coefficient (Wildman–Crippen LogP) is 2.06. The molecule has 1 aromatic carbocycles. The minimum atomic E-state index is -1.46. The molecular formula is C11H13BrO4. The zero-order valence-corrected chi connectivity index (χ0v) is 10.6. The summed E-state index contributed by atoms with van der Waals surface area (Å²) in [6, 6.07) is 3.34. The van der Waals surface area contributed by atoms with Gasteiger partial charge in [0.05, 0.1) is 11.1 Å².